The van der Waals surface area contributed by atoms with Crippen LogP contribution < -0.4 is 10.1 Å². The number of hydrogen-bond acceptors (Lipinski definition) is 5. The van der Waals surface area contributed by atoms with E-state index in [0.29, 0.717) is 17.9 Å². The summed E-state index contributed by atoms with van der Waals surface area (Å²) in [6.45, 7) is 2.26. The van der Waals surface area contributed by atoms with Gasteiger partial charge in [0.1, 0.15) is 5.75 Å². The molecule has 5 nitrogen and oxygen atoms in total. The first-order valence-electron chi connectivity index (χ1n) is 6.97. The van der Waals surface area contributed by atoms with Crippen molar-refractivity contribution in [3.63, 3.8) is 0 Å². The molecule has 0 bridgehead atoms. The zero-order chi connectivity index (χ0) is 15.8. The molecular weight excluding hydrogens is 282 g/mol. The highest BCUT2D eigenvalue weighted by atomic mass is 16.6. The number of ether oxygens (including phenoxy) is 2. The van der Waals surface area contributed by atoms with Crippen molar-refractivity contribution in [2.45, 2.75) is 13.2 Å². The number of rotatable bonds is 6. The molecule has 0 fully saturated rings. The molecule has 0 saturated heterocycles. The second-order valence-electron chi connectivity index (χ2n) is 4.44. The third kappa shape index (κ3) is 4.43. The number of nitrogens with one attached hydrogen (secondary N) is 1. The molecule has 0 radical (unpaired) electrons. The summed E-state index contributed by atoms with van der Waals surface area (Å²) in [6.07, 6.45) is -1.15. The summed E-state index contributed by atoms with van der Waals surface area (Å²) in [5.74, 6) is -0.861. The number of benzene rings is 2. The first-order chi connectivity index (χ1) is 10.7. The normalized spacial score (nSPS) is 11.5. The van der Waals surface area contributed by atoms with E-state index < -0.39 is 18.2 Å². The quantitative estimate of drug-likeness (QED) is 0.504. The molecule has 0 heterocycles. The van der Waals surface area contributed by atoms with Gasteiger partial charge in [-0.25, -0.2) is 9.59 Å². The maximum atomic E-state index is 12.1. The second kappa shape index (κ2) is 7.95. The van der Waals surface area contributed by atoms with Crippen LogP contribution in [0.4, 0.5) is 0 Å². The number of hydrogen-bond donors (Lipinski definition) is 1. The Kier molecular flexibility index (Phi) is 5.68. The minimum atomic E-state index is -1.15. The molecule has 1 N–H and O–H groups in total. The van der Waals surface area contributed by atoms with E-state index in [9.17, 15) is 9.59 Å². The summed E-state index contributed by atoms with van der Waals surface area (Å²) in [5, 5.41) is 2.79. The van der Waals surface area contributed by atoms with Gasteiger partial charge in [0.15, 0.2) is 0 Å². The van der Waals surface area contributed by atoms with Crippen molar-refractivity contribution < 1.29 is 19.1 Å². The average molecular weight is 299 g/mol. The number of carbonyl (C=O) groups is 2. The minimum absolute atomic E-state index is 0.373. The Balaban J connectivity index is 2.03. The second-order valence-corrected chi connectivity index (χ2v) is 4.44. The van der Waals surface area contributed by atoms with Gasteiger partial charge in [0, 0.05) is 0 Å². The third-order valence-electron chi connectivity index (χ3n) is 2.80. The molecule has 1 atom stereocenters. The zero-order valence-electron chi connectivity index (χ0n) is 12.2. The van der Waals surface area contributed by atoms with Crippen molar-refractivity contribution in [2.75, 3.05) is 6.54 Å². The Labute approximate surface area is 128 Å². The van der Waals surface area contributed by atoms with Gasteiger partial charge < -0.3 is 9.47 Å². The van der Waals surface area contributed by atoms with E-state index in [2.05, 4.69) is 5.32 Å². The monoisotopic (exact) mass is 299 g/mol. The Hall–Kier alpha value is -2.66. The van der Waals surface area contributed by atoms with Gasteiger partial charge in [0.25, 0.3) is 6.23 Å². The van der Waals surface area contributed by atoms with Crippen LogP contribution in [0.25, 0.3) is 0 Å². The first kappa shape index (κ1) is 15.7. The van der Waals surface area contributed by atoms with Crippen LogP contribution in [0.2, 0.25) is 0 Å². The van der Waals surface area contributed by atoms with Crippen molar-refractivity contribution in [1.82, 2.24) is 5.32 Å². The standard InChI is InChI=1S/C17H17NO4/c1-2-18-15(17(20)21-14-11-7-4-8-12-14)22-16(19)13-9-5-3-6-10-13/h3-12,15,18H,2H2,1H3. The van der Waals surface area contributed by atoms with E-state index in [1.54, 1.807) is 61.5 Å². The summed E-state index contributed by atoms with van der Waals surface area (Å²) in [7, 11) is 0. The Morgan fingerprint density at radius 1 is 1.00 bits per heavy atom. The van der Waals surface area contributed by atoms with Crippen LogP contribution in [-0.2, 0) is 9.53 Å². The van der Waals surface area contributed by atoms with Crippen molar-refractivity contribution in [2.24, 2.45) is 0 Å². The van der Waals surface area contributed by atoms with Crippen LogP contribution in [0.5, 0.6) is 5.75 Å². The predicted molar refractivity (Wildman–Crippen MR) is 81.4 cm³/mol. The maximum Gasteiger partial charge on any atom is 0.368 e. The molecule has 0 saturated carbocycles. The van der Waals surface area contributed by atoms with Gasteiger partial charge in [-0.15, -0.1) is 0 Å². The molecular formula is C17H17NO4. The van der Waals surface area contributed by atoms with Gasteiger partial charge in [-0.1, -0.05) is 43.3 Å². The van der Waals surface area contributed by atoms with Gasteiger partial charge in [-0.2, -0.15) is 0 Å². The minimum Gasteiger partial charge on any atom is -0.431 e. The van der Waals surface area contributed by atoms with Crippen molar-refractivity contribution in [3.05, 3.63) is 66.2 Å². The lowest BCUT2D eigenvalue weighted by molar-refractivity contribution is -0.146. The lowest BCUT2D eigenvalue weighted by atomic mass is 10.2. The molecule has 1 unspecified atom stereocenters. The summed E-state index contributed by atoms with van der Waals surface area (Å²) < 4.78 is 10.4. The predicted octanol–water partition coefficient (Wildman–Crippen LogP) is 2.38. The molecule has 114 valence electrons. The van der Waals surface area contributed by atoms with Crippen LogP contribution >= 0.6 is 0 Å². The molecule has 0 aromatic heterocycles. The SMILES string of the molecule is CCNC(OC(=O)c1ccccc1)C(=O)Oc1ccccc1. The summed E-state index contributed by atoms with van der Waals surface area (Å²) in [5.41, 5.74) is 0.373. The van der Waals surface area contributed by atoms with E-state index in [-0.39, 0.29) is 0 Å². The summed E-state index contributed by atoms with van der Waals surface area (Å²) >= 11 is 0. The van der Waals surface area contributed by atoms with Crippen LogP contribution in [0, 0.1) is 0 Å². The van der Waals surface area contributed by atoms with Crippen LogP contribution in [0.15, 0.2) is 60.7 Å². The van der Waals surface area contributed by atoms with Gasteiger partial charge in [-0.3, -0.25) is 5.32 Å². The fraction of sp³-hybridized carbons (Fsp3) is 0.176. The topological polar surface area (TPSA) is 64.6 Å². The average Bonchev–Trinajstić information content (AvgIpc) is 2.56. The molecule has 0 aliphatic carbocycles. The highest BCUT2D eigenvalue weighted by Gasteiger charge is 2.24. The molecule has 0 aliphatic rings. The fourth-order valence-corrected chi connectivity index (χ4v) is 1.77. The molecule has 2 aromatic rings. The van der Waals surface area contributed by atoms with E-state index in [1.165, 1.54) is 0 Å². The Morgan fingerprint density at radius 3 is 2.18 bits per heavy atom. The highest BCUT2D eigenvalue weighted by molar-refractivity contribution is 5.91. The maximum absolute atomic E-state index is 12.1. The Bertz CT molecular complexity index is 613. The van der Waals surface area contributed by atoms with Crippen LogP contribution in [-0.4, -0.2) is 24.7 Å². The summed E-state index contributed by atoms with van der Waals surface area (Å²) in [4.78, 5) is 24.1. The third-order valence-corrected chi connectivity index (χ3v) is 2.80. The number of carbonyl (C=O) groups excluding carboxylic acids is 2. The molecule has 0 spiro atoms. The van der Waals surface area contributed by atoms with E-state index in [4.69, 9.17) is 9.47 Å². The Morgan fingerprint density at radius 2 is 1.59 bits per heavy atom. The molecule has 5 heteroatoms. The first-order valence-corrected chi connectivity index (χ1v) is 6.97. The number of para-hydroxylation sites is 1. The lowest BCUT2D eigenvalue weighted by Gasteiger charge is -2.17. The highest BCUT2D eigenvalue weighted by Crippen LogP contribution is 2.10. The smallest absolute Gasteiger partial charge is 0.368 e. The largest absolute Gasteiger partial charge is 0.431 e. The van der Waals surface area contributed by atoms with E-state index in [0.717, 1.165) is 0 Å². The van der Waals surface area contributed by atoms with Crippen molar-refractivity contribution in [1.29, 1.82) is 0 Å². The van der Waals surface area contributed by atoms with Gasteiger partial charge >= 0.3 is 11.9 Å². The van der Waals surface area contributed by atoms with Crippen LogP contribution in [0.3, 0.4) is 0 Å². The molecule has 22 heavy (non-hydrogen) atoms. The lowest BCUT2D eigenvalue weighted by Crippen LogP contribution is -2.43. The van der Waals surface area contributed by atoms with Gasteiger partial charge in [0.2, 0.25) is 0 Å². The number of esters is 2. The van der Waals surface area contributed by atoms with Crippen LogP contribution in [0.1, 0.15) is 17.3 Å². The molecule has 2 aromatic carbocycles. The summed E-state index contributed by atoms with van der Waals surface area (Å²) in [6, 6.07) is 17.1. The van der Waals surface area contributed by atoms with Crippen molar-refractivity contribution >= 4 is 11.9 Å². The zero-order valence-corrected chi connectivity index (χ0v) is 12.2. The van der Waals surface area contributed by atoms with E-state index >= 15 is 0 Å². The van der Waals surface area contributed by atoms with Gasteiger partial charge in [0.05, 0.1) is 5.56 Å². The fourth-order valence-electron chi connectivity index (χ4n) is 1.77. The molecule has 2 rings (SSSR count). The molecule has 0 amide bonds. The number of likely N-dealkylation sites (N-methyl/N-ethyl adjacent to an activating group) is 1. The molecule has 0 aliphatic heterocycles. The van der Waals surface area contributed by atoms with Gasteiger partial charge in [-0.05, 0) is 30.8 Å². The van der Waals surface area contributed by atoms with E-state index in [1.807, 2.05) is 6.07 Å². The van der Waals surface area contributed by atoms with Crippen molar-refractivity contribution in [3.8, 4) is 5.75 Å².